The summed E-state index contributed by atoms with van der Waals surface area (Å²) in [6, 6.07) is 0. The number of carbonyl (C=O) groups is 1. The average Bonchev–Trinajstić information content (AvgIpc) is 2.99. The average molecular weight is 377 g/mol. The van der Waals surface area contributed by atoms with Gasteiger partial charge in [0.05, 0.1) is 13.2 Å². The molecule has 0 spiro atoms. The lowest BCUT2D eigenvalue weighted by molar-refractivity contribution is -0.144. The van der Waals surface area contributed by atoms with E-state index in [2.05, 4.69) is 20.8 Å². The number of fused-ring (bicyclic) bond motifs is 5. The SMILES string of the molecule is COC(=O)C[C@@H](C)[C@H]1CC[C@H]2[C@@H]3CC[C@H]4C[C@@H](O)CC[C@]4(C)[C@H]3CC[C@]12C. The van der Waals surface area contributed by atoms with E-state index >= 15 is 0 Å². The zero-order valence-electron chi connectivity index (χ0n) is 17.9. The first kappa shape index (κ1) is 19.7. The van der Waals surface area contributed by atoms with Crippen molar-refractivity contribution in [2.45, 2.75) is 91.1 Å². The molecule has 0 unspecified atom stereocenters. The lowest BCUT2D eigenvalue weighted by atomic mass is 9.44. The number of ether oxygens (including phenoxy) is 1. The predicted octanol–water partition coefficient (Wildman–Crippen LogP) is 5.21. The molecule has 4 aliphatic carbocycles. The molecule has 4 rings (SSSR count). The molecule has 4 saturated carbocycles. The van der Waals surface area contributed by atoms with Crippen LogP contribution in [0.3, 0.4) is 0 Å². The molecule has 0 bridgehead atoms. The van der Waals surface area contributed by atoms with Crippen molar-refractivity contribution in [3.8, 4) is 0 Å². The largest absolute Gasteiger partial charge is 0.469 e. The molecule has 27 heavy (non-hydrogen) atoms. The van der Waals surface area contributed by atoms with Crippen LogP contribution in [0.1, 0.15) is 85.0 Å². The van der Waals surface area contributed by atoms with Crippen LogP contribution in [0, 0.1) is 46.3 Å². The topological polar surface area (TPSA) is 46.5 Å². The van der Waals surface area contributed by atoms with E-state index < -0.39 is 0 Å². The summed E-state index contributed by atoms with van der Waals surface area (Å²) in [6.07, 6.45) is 11.8. The van der Waals surface area contributed by atoms with E-state index in [9.17, 15) is 9.90 Å². The first-order valence-electron chi connectivity index (χ1n) is 11.5. The summed E-state index contributed by atoms with van der Waals surface area (Å²) in [5.41, 5.74) is 0.866. The number of rotatable bonds is 3. The molecule has 0 radical (unpaired) electrons. The number of hydrogen-bond acceptors (Lipinski definition) is 3. The van der Waals surface area contributed by atoms with Crippen LogP contribution < -0.4 is 0 Å². The summed E-state index contributed by atoms with van der Waals surface area (Å²) < 4.78 is 4.96. The maximum Gasteiger partial charge on any atom is 0.305 e. The smallest absolute Gasteiger partial charge is 0.305 e. The third-order valence-corrected chi connectivity index (χ3v) is 10.1. The molecule has 3 heteroatoms. The van der Waals surface area contributed by atoms with Crippen molar-refractivity contribution in [3.63, 3.8) is 0 Å². The Balaban J connectivity index is 1.53. The highest BCUT2D eigenvalue weighted by molar-refractivity contribution is 5.69. The van der Waals surface area contributed by atoms with Crippen LogP contribution in [-0.2, 0) is 9.53 Å². The molecule has 154 valence electrons. The molecule has 4 aliphatic rings. The van der Waals surface area contributed by atoms with Gasteiger partial charge < -0.3 is 9.84 Å². The maximum atomic E-state index is 11.9. The van der Waals surface area contributed by atoms with E-state index in [0.717, 1.165) is 36.5 Å². The second-order valence-electron chi connectivity index (χ2n) is 11.1. The Labute approximate surface area is 165 Å². The molecule has 4 fully saturated rings. The Morgan fingerprint density at radius 1 is 1.04 bits per heavy atom. The van der Waals surface area contributed by atoms with Crippen molar-refractivity contribution in [1.29, 1.82) is 0 Å². The lowest BCUT2D eigenvalue weighted by Gasteiger charge is -2.61. The molecule has 0 aromatic carbocycles. The number of hydrogen-bond donors (Lipinski definition) is 1. The Bertz CT molecular complexity index is 574. The molecular weight excluding hydrogens is 336 g/mol. The first-order valence-corrected chi connectivity index (χ1v) is 11.5. The van der Waals surface area contributed by atoms with Crippen LogP contribution in [-0.4, -0.2) is 24.3 Å². The third kappa shape index (κ3) is 3.07. The fourth-order valence-corrected chi connectivity index (χ4v) is 8.70. The van der Waals surface area contributed by atoms with Gasteiger partial charge in [-0.25, -0.2) is 0 Å². The molecule has 0 saturated heterocycles. The molecular formula is C24H40O3. The molecule has 9 atom stereocenters. The first-order chi connectivity index (χ1) is 12.8. The summed E-state index contributed by atoms with van der Waals surface area (Å²) in [7, 11) is 1.51. The van der Waals surface area contributed by atoms with E-state index in [0.29, 0.717) is 29.1 Å². The van der Waals surface area contributed by atoms with Crippen LogP contribution >= 0.6 is 0 Å². The fraction of sp³-hybridized carbons (Fsp3) is 0.958. The van der Waals surface area contributed by atoms with Gasteiger partial charge in [-0.15, -0.1) is 0 Å². The van der Waals surface area contributed by atoms with Crippen LogP contribution in [0.15, 0.2) is 0 Å². The van der Waals surface area contributed by atoms with E-state index in [4.69, 9.17) is 4.74 Å². The monoisotopic (exact) mass is 376 g/mol. The van der Waals surface area contributed by atoms with E-state index in [1.54, 1.807) is 0 Å². The molecule has 1 N–H and O–H groups in total. The fourth-order valence-electron chi connectivity index (χ4n) is 8.70. The highest BCUT2D eigenvalue weighted by Crippen LogP contribution is 2.68. The number of aliphatic hydroxyl groups excluding tert-OH is 1. The number of methoxy groups -OCH3 is 1. The summed E-state index contributed by atoms with van der Waals surface area (Å²) in [5.74, 6) is 4.36. The minimum Gasteiger partial charge on any atom is -0.469 e. The Morgan fingerprint density at radius 3 is 2.48 bits per heavy atom. The van der Waals surface area contributed by atoms with E-state index in [-0.39, 0.29) is 12.1 Å². The van der Waals surface area contributed by atoms with Gasteiger partial charge in [0.15, 0.2) is 0 Å². The highest BCUT2D eigenvalue weighted by atomic mass is 16.5. The summed E-state index contributed by atoms with van der Waals surface area (Å²) in [6.45, 7) is 7.40. The van der Waals surface area contributed by atoms with Gasteiger partial charge in [0.2, 0.25) is 0 Å². The second-order valence-corrected chi connectivity index (χ2v) is 11.1. The van der Waals surface area contributed by atoms with Gasteiger partial charge in [0.1, 0.15) is 0 Å². The van der Waals surface area contributed by atoms with Crippen molar-refractivity contribution in [1.82, 2.24) is 0 Å². The van der Waals surface area contributed by atoms with Gasteiger partial charge in [-0.2, -0.15) is 0 Å². The number of aliphatic hydroxyl groups is 1. The van der Waals surface area contributed by atoms with E-state index in [1.807, 2.05) is 0 Å². The molecule has 0 aromatic rings. The molecule has 0 aliphatic heterocycles. The molecule has 0 amide bonds. The summed E-state index contributed by atoms with van der Waals surface area (Å²) in [5, 5.41) is 10.2. The lowest BCUT2D eigenvalue weighted by Crippen LogP contribution is -2.54. The van der Waals surface area contributed by atoms with Crippen molar-refractivity contribution < 1.29 is 14.6 Å². The minimum absolute atomic E-state index is 0.0444. The maximum absolute atomic E-state index is 11.9. The molecule has 0 heterocycles. The summed E-state index contributed by atoms with van der Waals surface area (Å²) in [4.78, 5) is 11.9. The number of carbonyl (C=O) groups excluding carboxylic acids is 1. The van der Waals surface area contributed by atoms with Gasteiger partial charge in [-0.1, -0.05) is 20.8 Å². The quantitative estimate of drug-likeness (QED) is 0.688. The number of esters is 1. The minimum atomic E-state index is -0.0523. The highest BCUT2D eigenvalue weighted by Gasteiger charge is 2.60. The normalized spacial score (nSPS) is 50.3. The molecule has 0 aromatic heterocycles. The Kier molecular flexibility index (Phi) is 5.15. The van der Waals surface area contributed by atoms with Crippen LogP contribution in [0.2, 0.25) is 0 Å². The van der Waals surface area contributed by atoms with Gasteiger partial charge in [-0.3, -0.25) is 4.79 Å². The van der Waals surface area contributed by atoms with Crippen LogP contribution in [0.4, 0.5) is 0 Å². The van der Waals surface area contributed by atoms with Gasteiger partial charge in [0.25, 0.3) is 0 Å². The Hall–Kier alpha value is -0.570. The standard InChI is InChI=1S/C24H40O3/c1-15(13-22(26)27-4)19-7-8-20-18-6-5-16-14-17(25)9-11-23(16,2)21(18)10-12-24(19,20)3/h15-21,25H,5-14H2,1-4H3/t15-,16+,17+,18+,19-,20+,21+,23+,24-/m1/s1. The second kappa shape index (κ2) is 7.04. The van der Waals surface area contributed by atoms with Crippen molar-refractivity contribution in [2.24, 2.45) is 46.3 Å². The molecule has 3 nitrogen and oxygen atoms in total. The van der Waals surface area contributed by atoms with Crippen molar-refractivity contribution in [3.05, 3.63) is 0 Å². The van der Waals surface area contributed by atoms with Gasteiger partial charge >= 0.3 is 5.97 Å². The Morgan fingerprint density at radius 2 is 1.74 bits per heavy atom. The van der Waals surface area contributed by atoms with Crippen molar-refractivity contribution >= 4 is 5.97 Å². The van der Waals surface area contributed by atoms with Crippen molar-refractivity contribution in [2.75, 3.05) is 7.11 Å². The predicted molar refractivity (Wildman–Crippen MR) is 107 cm³/mol. The zero-order valence-corrected chi connectivity index (χ0v) is 17.9. The van der Waals surface area contributed by atoms with Crippen LogP contribution in [0.5, 0.6) is 0 Å². The van der Waals surface area contributed by atoms with Gasteiger partial charge in [-0.05, 0) is 104 Å². The summed E-state index contributed by atoms with van der Waals surface area (Å²) >= 11 is 0. The van der Waals surface area contributed by atoms with Crippen LogP contribution in [0.25, 0.3) is 0 Å². The third-order valence-electron chi connectivity index (χ3n) is 10.1. The van der Waals surface area contributed by atoms with Gasteiger partial charge in [0, 0.05) is 6.42 Å². The zero-order chi connectivity index (χ0) is 19.4. The van der Waals surface area contributed by atoms with E-state index in [1.165, 1.54) is 52.1 Å².